The zero-order valence-corrected chi connectivity index (χ0v) is 12.6. The molecule has 1 fully saturated rings. The van der Waals surface area contributed by atoms with E-state index in [1.54, 1.807) is 13.0 Å². The summed E-state index contributed by atoms with van der Waals surface area (Å²) in [7, 11) is 0. The van der Waals surface area contributed by atoms with Crippen LogP contribution in [0.15, 0.2) is 10.5 Å². The van der Waals surface area contributed by atoms with Crippen molar-refractivity contribution in [3.63, 3.8) is 0 Å². The van der Waals surface area contributed by atoms with E-state index in [9.17, 15) is 4.79 Å². The van der Waals surface area contributed by atoms with Gasteiger partial charge in [-0.2, -0.15) is 0 Å². The number of amides is 1. The minimum Gasteiger partial charge on any atom is -0.464 e. The molecule has 1 aromatic rings. The van der Waals surface area contributed by atoms with Crippen LogP contribution in [-0.4, -0.2) is 23.9 Å². The summed E-state index contributed by atoms with van der Waals surface area (Å²) in [6, 6.07) is 1.80. The first kappa shape index (κ1) is 15.1. The first-order chi connectivity index (χ1) is 9.51. The van der Waals surface area contributed by atoms with Crippen molar-refractivity contribution in [3.05, 3.63) is 23.2 Å². The highest BCUT2D eigenvalue weighted by molar-refractivity contribution is 5.94. The van der Waals surface area contributed by atoms with Gasteiger partial charge in [0.1, 0.15) is 11.5 Å². The molecule has 1 aliphatic rings. The third-order valence-corrected chi connectivity index (χ3v) is 4.30. The molecule has 1 amide bonds. The van der Waals surface area contributed by atoms with Crippen molar-refractivity contribution in [2.45, 2.75) is 40.2 Å². The molecule has 2 heterocycles. The van der Waals surface area contributed by atoms with E-state index in [-0.39, 0.29) is 5.91 Å². The fourth-order valence-electron chi connectivity index (χ4n) is 2.92. The van der Waals surface area contributed by atoms with Crippen LogP contribution >= 0.6 is 0 Å². The molecule has 1 aromatic heterocycles. The van der Waals surface area contributed by atoms with E-state index in [4.69, 9.17) is 10.3 Å². The number of nitrogens with zero attached hydrogens (tertiary/aromatic N) is 1. The van der Waals surface area contributed by atoms with Gasteiger partial charge in [0.25, 0.3) is 5.91 Å². The smallest absolute Gasteiger partial charge is 0.268 e. The lowest BCUT2D eigenvalue weighted by Gasteiger charge is -2.33. The van der Waals surface area contributed by atoms with Gasteiger partial charge in [0.2, 0.25) is 0 Å². The topological polar surface area (TPSA) is 71.5 Å². The summed E-state index contributed by atoms with van der Waals surface area (Å²) in [5, 5.41) is 0. The van der Waals surface area contributed by atoms with E-state index in [0.717, 1.165) is 37.2 Å². The van der Waals surface area contributed by atoms with Gasteiger partial charge in [0.05, 0.1) is 12.1 Å². The molecule has 3 N–H and O–H groups in total. The molecule has 0 saturated carbocycles. The number of rotatable bonds is 4. The molecule has 1 saturated heterocycles. The fraction of sp³-hybridized carbons (Fsp3) is 0.667. The summed E-state index contributed by atoms with van der Waals surface area (Å²) in [4.78, 5) is 13.9. The fourth-order valence-corrected chi connectivity index (χ4v) is 2.92. The van der Waals surface area contributed by atoms with Gasteiger partial charge in [0.15, 0.2) is 0 Å². The Kier molecular flexibility index (Phi) is 4.83. The quantitative estimate of drug-likeness (QED) is 0.503. The van der Waals surface area contributed by atoms with Gasteiger partial charge in [-0.3, -0.25) is 15.1 Å². The second kappa shape index (κ2) is 6.41. The zero-order valence-electron chi connectivity index (χ0n) is 12.6. The molecular formula is C15H25N3O2. The number of likely N-dealkylation sites (tertiary alicyclic amines) is 1. The van der Waals surface area contributed by atoms with Crippen molar-refractivity contribution in [2.24, 2.45) is 17.7 Å². The Morgan fingerprint density at radius 1 is 1.50 bits per heavy atom. The summed E-state index contributed by atoms with van der Waals surface area (Å²) in [5.41, 5.74) is 2.67. The molecular weight excluding hydrogens is 254 g/mol. The molecule has 5 nitrogen and oxygen atoms in total. The SMILES string of the molecule is Cc1oc(CN2CCC(C(C)C)CC2)cc1C(=O)NN. The number of nitrogens with one attached hydrogen (secondary N) is 1. The monoisotopic (exact) mass is 279 g/mol. The van der Waals surface area contributed by atoms with Crippen LogP contribution < -0.4 is 11.3 Å². The van der Waals surface area contributed by atoms with Gasteiger partial charge in [-0.1, -0.05) is 13.8 Å². The molecule has 2 rings (SSSR count). The predicted octanol–water partition coefficient (Wildman–Crippen LogP) is 2.06. The van der Waals surface area contributed by atoms with Crippen LogP contribution in [0.3, 0.4) is 0 Å². The van der Waals surface area contributed by atoms with Gasteiger partial charge in [-0.25, -0.2) is 5.84 Å². The lowest BCUT2D eigenvalue weighted by molar-refractivity contribution is 0.0952. The molecule has 20 heavy (non-hydrogen) atoms. The number of nitrogens with two attached hydrogens (primary N) is 1. The largest absolute Gasteiger partial charge is 0.464 e. The molecule has 0 aromatic carbocycles. The molecule has 0 aliphatic carbocycles. The van der Waals surface area contributed by atoms with Crippen LogP contribution in [0.2, 0.25) is 0 Å². The molecule has 0 atom stereocenters. The number of hydrogen-bond donors (Lipinski definition) is 2. The van der Waals surface area contributed by atoms with Crippen LogP contribution in [0.1, 0.15) is 48.6 Å². The van der Waals surface area contributed by atoms with Crippen molar-refractivity contribution >= 4 is 5.91 Å². The van der Waals surface area contributed by atoms with E-state index in [1.165, 1.54) is 12.8 Å². The molecule has 112 valence electrons. The minimum atomic E-state index is -0.295. The van der Waals surface area contributed by atoms with E-state index in [2.05, 4.69) is 24.2 Å². The number of furan rings is 1. The summed E-state index contributed by atoms with van der Waals surface area (Å²) in [6.45, 7) is 9.35. The zero-order chi connectivity index (χ0) is 14.7. The average molecular weight is 279 g/mol. The Morgan fingerprint density at radius 3 is 2.70 bits per heavy atom. The maximum Gasteiger partial charge on any atom is 0.268 e. The number of aryl methyl sites for hydroxylation is 1. The maximum atomic E-state index is 11.5. The first-order valence-corrected chi connectivity index (χ1v) is 7.34. The summed E-state index contributed by atoms with van der Waals surface area (Å²) >= 11 is 0. The van der Waals surface area contributed by atoms with Crippen LogP contribution in [0.5, 0.6) is 0 Å². The van der Waals surface area contributed by atoms with E-state index < -0.39 is 0 Å². The van der Waals surface area contributed by atoms with Crippen molar-refractivity contribution in [2.75, 3.05) is 13.1 Å². The molecule has 0 spiro atoms. The lowest BCUT2D eigenvalue weighted by Crippen LogP contribution is -2.34. The first-order valence-electron chi connectivity index (χ1n) is 7.34. The van der Waals surface area contributed by atoms with E-state index in [0.29, 0.717) is 11.3 Å². The lowest BCUT2D eigenvalue weighted by atomic mass is 9.87. The number of piperidine rings is 1. The highest BCUT2D eigenvalue weighted by Gasteiger charge is 2.23. The van der Waals surface area contributed by atoms with Gasteiger partial charge in [-0.05, 0) is 50.8 Å². The Morgan fingerprint density at radius 2 is 2.15 bits per heavy atom. The number of hydrogen-bond acceptors (Lipinski definition) is 4. The molecule has 0 unspecified atom stereocenters. The predicted molar refractivity (Wildman–Crippen MR) is 77.9 cm³/mol. The van der Waals surface area contributed by atoms with Gasteiger partial charge in [0, 0.05) is 0 Å². The van der Waals surface area contributed by atoms with Crippen LogP contribution in [0.4, 0.5) is 0 Å². The number of carbonyl (C=O) groups excluding carboxylic acids is 1. The Balaban J connectivity index is 1.93. The van der Waals surface area contributed by atoms with Crippen molar-refractivity contribution < 1.29 is 9.21 Å². The number of nitrogen functional groups attached to an aromatic ring is 1. The van der Waals surface area contributed by atoms with Gasteiger partial charge >= 0.3 is 0 Å². The van der Waals surface area contributed by atoms with Crippen LogP contribution in [0.25, 0.3) is 0 Å². The van der Waals surface area contributed by atoms with Crippen LogP contribution in [-0.2, 0) is 6.54 Å². The summed E-state index contributed by atoms with van der Waals surface area (Å²) in [5.74, 6) is 7.93. The molecule has 1 aliphatic heterocycles. The van der Waals surface area contributed by atoms with Gasteiger partial charge < -0.3 is 4.42 Å². The summed E-state index contributed by atoms with van der Waals surface area (Å²) in [6.07, 6.45) is 2.49. The van der Waals surface area contributed by atoms with Crippen molar-refractivity contribution in [1.29, 1.82) is 0 Å². The number of carbonyl (C=O) groups is 1. The van der Waals surface area contributed by atoms with Crippen molar-refractivity contribution in [1.82, 2.24) is 10.3 Å². The summed E-state index contributed by atoms with van der Waals surface area (Å²) < 4.78 is 5.66. The van der Waals surface area contributed by atoms with E-state index in [1.807, 2.05) is 0 Å². The molecule has 0 bridgehead atoms. The second-order valence-corrected chi connectivity index (χ2v) is 6.01. The molecule has 5 heteroatoms. The third-order valence-electron chi connectivity index (χ3n) is 4.30. The second-order valence-electron chi connectivity index (χ2n) is 6.01. The highest BCUT2D eigenvalue weighted by Crippen LogP contribution is 2.26. The van der Waals surface area contributed by atoms with Gasteiger partial charge in [-0.15, -0.1) is 0 Å². The maximum absolute atomic E-state index is 11.5. The van der Waals surface area contributed by atoms with Crippen molar-refractivity contribution in [3.8, 4) is 0 Å². The Hall–Kier alpha value is -1.33. The number of hydrazine groups is 1. The third kappa shape index (κ3) is 3.41. The Labute approximate surface area is 120 Å². The normalized spacial score (nSPS) is 17.6. The Bertz CT molecular complexity index is 460. The minimum absolute atomic E-state index is 0.295. The standard InChI is InChI=1S/C15H25N3O2/c1-10(2)12-4-6-18(7-5-12)9-13-8-14(11(3)20-13)15(19)17-16/h8,10,12H,4-7,9,16H2,1-3H3,(H,17,19). The average Bonchev–Trinajstić information content (AvgIpc) is 2.79. The van der Waals surface area contributed by atoms with E-state index >= 15 is 0 Å². The van der Waals surface area contributed by atoms with Crippen LogP contribution in [0, 0.1) is 18.8 Å². The highest BCUT2D eigenvalue weighted by atomic mass is 16.3. The molecule has 0 radical (unpaired) electrons.